The highest BCUT2D eigenvalue weighted by molar-refractivity contribution is 5.87. The number of piperazine rings is 1. The zero-order valence-corrected chi connectivity index (χ0v) is 37.6. The molecule has 6 N–H and O–H groups in total. The molecule has 4 aliphatic heterocycles. The topological polar surface area (TPSA) is 176 Å². The Labute approximate surface area is 386 Å². The number of nitrogens with zero attached hydrogens (tertiary/aromatic N) is 4. The number of aliphatic imine (C=N–C) groups is 1. The number of anilines is 1. The number of aromatic nitrogens is 1. The molecule has 67 heavy (non-hydrogen) atoms. The largest absolute Gasteiger partial charge is 0.453 e. The molecule has 4 fully saturated rings. The van der Waals surface area contributed by atoms with Crippen molar-refractivity contribution in [1.29, 1.82) is 0 Å². The van der Waals surface area contributed by atoms with Gasteiger partial charge in [0.1, 0.15) is 23.5 Å². The number of rotatable bonds is 16. The minimum absolute atomic E-state index is 0.0160. The van der Waals surface area contributed by atoms with Crippen LogP contribution in [-0.4, -0.2) is 135 Å². The second kappa shape index (κ2) is 21.5. The number of pyridine rings is 1. The Hall–Kier alpha value is -5.65. The molecule has 3 unspecified atom stereocenters. The lowest BCUT2D eigenvalue weighted by Crippen LogP contribution is -2.62. The highest BCUT2D eigenvalue weighted by Crippen LogP contribution is 2.41. The lowest BCUT2D eigenvalue weighted by Gasteiger charge is -2.47. The van der Waals surface area contributed by atoms with Crippen LogP contribution in [0.3, 0.4) is 0 Å². The Balaban J connectivity index is 1.01. The van der Waals surface area contributed by atoms with E-state index in [0.717, 1.165) is 71.6 Å². The third kappa shape index (κ3) is 12.1. The summed E-state index contributed by atoms with van der Waals surface area (Å²) in [5.74, 6) is 4.05. The van der Waals surface area contributed by atoms with Crippen molar-refractivity contribution in [1.82, 2.24) is 25.8 Å². The van der Waals surface area contributed by atoms with Crippen molar-refractivity contribution in [3.05, 3.63) is 100 Å². The number of aliphatic hydroxyl groups is 1. The molecule has 19 heteroatoms. The van der Waals surface area contributed by atoms with Gasteiger partial charge in [0.2, 0.25) is 5.91 Å². The zero-order valence-electron chi connectivity index (χ0n) is 37.6. The Kier molecular flexibility index (Phi) is 15.8. The molecule has 2 amide bonds. The fourth-order valence-corrected chi connectivity index (χ4v) is 8.75. The van der Waals surface area contributed by atoms with Crippen LogP contribution in [0.2, 0.25) is 0 Å². The molecular weight excluding hydrogens is 880 g/mol. The van der Waals surface area contributed by atoms with E-state index in [1.165, 1.54) is 25.1 Å². The van der Waals surface area contributed by atoms with Gasteiger partial charge < -0.3 is 45.9 Å². The summed E-state index contributed by atoms with van der Waals surface area (Å²) in [6, 6.07) is 10.9. The summed E-state index contributed by atoms with van der Waals surface area (Å²) in [6.07, 6.45) is -0.100. The van der Waals surface area contributed by atoms with Crippen LogP contribution in [0, 0.1) is 28.9 Å². The number of ether oxygens (including phenoxy) is 3. The highest BCUT2D eigenvalue weighted by Gasteiger charge is 2.56. The fraction of sp³-hybridized carbons (Fsp3) is 0.500. The van der Waals surface area contributed by atoms with Crippen LogP contribution >= 0.6 is 0 Å². The number of alkyl halides is 3. The summed E-state index contributed by atoms with van der Waals surface area (Å²) < 4.78 is 88.5. The van der Waals surface area contributed by atoms with Crippen molar-refractivity contribution in [2.24, 2.45) is 16.1 Å². The van der Waals surface area contributed by atoms with Gasteiger partial charge in [0.25, 0.3) is 0 Å². The molecular formula is C48H57F5N8O6. The molecule has 4 saturated heterocycles. The molecule has 0 spiro atoms. The third-order valence-electron chi connectivity index (χ3n) is 13.0. The average Bonchev–Trinajstić information content (AvgIpc) is 3.88. The number of fused-ring (bicyclic) bond motifs is 2. The van der Waals surface area contributed by atoms with E-state index >= 15 is 8.78 Å². The number of allylic oxidation sites excluding steroid dienone is 1. The molecule has 0 saturated carbocycles. The SMILES string of the molecule is COC(=O)NC(C(=O)N[C@@H](Cc1ccc(C#Cc2ccc(N3CC4CCC(C3)N4C3COC3)nc2)cc1)[C@@H](O)CNCc1c(F)cc(C(N)=CC=N[C@H]2CCOC2)cc1F)C(C)(C)C(F)(F)F. The molecule has 14 nitrogen and oxygen atoms in total. The quantitative estimate of drug-likeness (QED) is 0.0780. The first-order chi connectivity index (χ1) is 32.0. The minimum atomic E-state index is -4.95. The van der Waals surface area contributed by atoms with E-state index in [1.807, 2.05) is 17.4 Å². The number of methoxy groups -OCH3 is 1. The van der Waals surface area contributed by atoms with Crippen LogP contribution in [0.5, 0.6) is 0 Å². The number of alkyl carbamates (subject to hydrolysis) is 1. The number of benzene rings is 2. The lowest BCUT2D eigenvalue weighted by atomic mass is 9.82. The maximum atomic E-state index is 15.3. The highest BCUT2D eigenvalue weighted by atomic mass is 19.4. The number of hydrogen-bond donors (Lipinski definition) is 5. The lowest BCUT2D eigenvalue weighted by molar-refractivity contribution is -0.220. The van der Waals surface area contributed by atoms with Gasteiger partial charge in [0.15, 0.2) is 0 Å². The molecule has 2 bridgehead atoms. The molecule has 1 aromatic heterocycles. The molecule has 7 rings (SSSR count). The van der Waals surface area contributed by atoms with Gasteiger partial charge in [-0.25, -0.2) is 18.6 Å². The molecule has 6 atom stereocenters. The van der Waals surface area contributed by atoms with Crippen LogP contribution in [0.4, 0.5) is 32.6 Å². The van der Waals surface area contributed by atoms with E-state index in [4.69, 9.17) is 20.2 Å². The van der Waals surface area contributed by atoms with E-state index in [0.29, 0.717) is 48.0 Å². The van der Waals surface area contributed by atoms with Gasteiger partial charge in [-0.3, -0.25) is 14.7 Å². The average molecular weight is 937 g/mol. The smallest absolute Gasteiger partial charge is 0.407 e. The number of nitrogens with two attached hydrogens (primary N) is 1. The molecule has 5 heterocycles. The third-order valence-corrected chi connectivity index (χ3v) is 13.0. The van der Waals surface area contributed by atoms with Crippen molar-refractivity contribution in [3.63, 3.8) is 0 Å². The van der Waals surface area contributed by atoms with Gasteiger partial charge in [-0.05, 0) is 87.6 Å². The first kappa shape index (κ1) is 49.3. The number of hydrogen-bond acceptors (Lipinski definition) is 12. The van der Waals surface area contributed by atoms with Crippen LogP contribution in [0.25, 0.3) is 5.70 Å². The molecule has 4 aliphatic rings. The molecule has 0 aliphatic carbocycles. The number of carbonyl (C=O) groups is 2. The van der Waals surface area contributed by atoms with Gasteiger partial charge >= 0.3 is 12.3 Å². The van der Waals surface area contributed by atoms with E-state index in [-0.39, 0.29) is 35.8 Å². The summed E-state index contributed by atoms with van der Waals surface area (Å²) in [6.45, 7) is 5.27. The first-order valence-corrected chi connectivity index (χ1v) is 22.3. The number of halogens is 5. The maximum absolute atomic E-state index is 15.3. The van der Waals surface area contributed by atoms with Gasteiger partial charge in [-0.2, -0.15) is 13.2 Å². The summed E-state index contributed by atoms with van der Waals surface area (Å²) >= 11 is 0. The maximum Gasteiger partial charge on any atom is 0.407 e. The standard InChI is InChI=1S/C48H57F5N8O6/c1-47(2,48(51,52)53)44(59-46(64)65-3)45(63)58-41(42(62)23-55-22-37-38(49)19-32(20-39(37)50)40(54)14-16-56-33-15-17-66-26-33)18-30-7-4-29(5-8-30)6-9-31-10-13-43(57-21-31)60-24-34-11-12-35(25-60)61(34)36-27-67-28-36/h4-5,7-8,10,13-14,16,19-21,33-36,41-42,44,55,62H,11-12,15,17-18,22-28,54H2,1-3H3,(H,58,63)(H,59,64)/t33-,34?,35?,41-,42-,44?/m0/s1. The van der Waals surface area contributed by atoms with Gasteiger partial charge in [0.05, 0.1) is 56.6 Å². The predicted octanol–water partition coefficient (Wildman–Crippen LogP) is 4.46. The summed E-state index contributed by atoms with van der Waals surface area (Å²) in [4.78, 5) is 39.9. The van der Waals surface area contributed by atoms with E-state index in [9.17, 15) is 27.9 Å². The number of amides is 2. The van der Waals surface area contributed by atoms with Gasteiger partial charge in [-0.15, -0.1) is 0 Å². The Morgan fingerprint density at radius 3 is 2.22 bits per heavy atom. The predicted molar refractivity (Wildman–Crippen MR) is 241 cm³/mol. The fourth-order valence-electron chi connectivity index (χ4n) is 8.75. The summed E-state index contributed by atoms with van der Waals surface area (Å²) in [5.41, 5.74) is 4.99. The minimum Gasteiger partial charge on any atom is -0.453 e. The molecule has 3 aromatic rings. The van der Waals surface area contributed by atoms with Gasteiger partial charge in [0, 0.05) is 85.2 Å². The van der Waals surface area contributed by atoms with Crippen LogP contribution in [0.15, 0.2) is 65.8 Å². The number of carbonyl (C=O) groups excluding carboxylic acids is 2. The zero-order chi connectivity index (χ0) is 47.9. The summed E-state index contributed by atoms with van der Waals surface area (Å²) in [5, 5.41) is 18.7. The Morgan fingerprint density at radius 1 is 0.970 bits per heavy atom. The van der Waals surface area contributed by atoms with Crippen molar-refractivity contribution >= 4 is 29.7 Å². The van der Waals surface area contributed by atoms with Crippen LogP contribution < -0.4 is 26.6 Å². The Morgan fingerprint density at radius 2 is 1.64 bits per heavy atom. The molecule has 360 valence electrons. The van der Waals surface area contributed by atoms with Crippen molar-refractivity contribution in [2.75, 3.05) is 58.1 Å². The van der Waals surface area contributed by atoms with Crippen LogP contribution in [0.1, 0.15) is 60.9 Å². The number of aliphatic hydroxyl groups excluding tert-OH is 1. The van der Waals surface area contributed by atoms with Gasteiger partial charge in [-0.1, -0.05) is 24.0 Å². The molecule has 0 radical (unpaired) electrons. The summed E-state index contributed by atoms with van der Waals surface area (Å²) in [7, 11) is 0.941. The van der Waals surface area contributed by atoms with Crippen LogP contribution in [-0.2, 0) is 32.0 Å². The normalized spacial score (nSPS) is 21.6. The van der Waals surface area contributed by atoms with E-state index < -0.39 is 60.0 Å². The van der Waals surface area contributed by atoms with E-state index in [1.54, 1.807) is 30.5 Å². The number of nitrogens with one attached hydrogen (secondary N) is 3. The second-order valence-electron chi connectivity index (χ2n) is 17.9. The van der Waals surface area contributed by atoms with Crippen molar-refractivity contribution in [2.45, 2.75) is 94.6 Å². The first-order valence-electron chi connectivity index (χ1n) is 22.3. The monoisotopic (exact) mass is 936 g/mol. The second-order valence-corrected chi connectivity index (χ2v) is 17.9. The van der Waals surface area contributed by atoms with Crippen molar-refractivity contribution < 1.29 is 50.9 Å². The van der Waals surface area contributed by atoms with E-state index in [2.05, 4.69) is 42.0 Å². The van der Waals surface area contributed by atoms with Crippen molar-refractivity contribution in [3.8, 4) is 11.8 Å². The molecule has 2 aromatic carbocycles. The Bertz CT molecular complexity index is 2290.